The van der Waals surface area contributed by atoms with Crippen LogP contribution < -0.4 is 10.2 Å². The highest BCUT2D eigenvalue weighted by Crippen LogP contribution is 2.26. The summed E-state index contributed by atoms with van der Waals surface area (Å²) in [7, 11) is 0. The lowest BCUT2D eigenvalue weighted by atomic mass is 9.79. The van der Waals surface area contributed by atoms with Crippen molar-refractivity contribution in [3.63, 3.8) is 0 Å². The van der Waals surface area contributed by atoms with Gasteiger partial charge in [-0.15, -0.1) is 6.58 Å². The van der Waals surface area contributed by atoms with Crippen LogP contribution in [0.25, 0.3) is 0 Å². The van der Waals surface area contributed by atoms with Crippen LogP contribution in [0.4, 0.5) is 0 Å². The molecule has 0 rings (SSSR count). The Hall–Kier alpha value is -1.32. The van der Waals surface area contributed by atoms with Crippen molar-refractivity contribution in [2.24, 2.45) is 11.3 Å². The first kappa shape index (κ1) is 10.7. The van der Waals surface area contributed by atoms with Crippen LogP contribution in [0.15, 0.2) is 12.7 Å². The van der Waals surface area contributed by atoms with Gasteiger partial charge in [-0.2, -0.15) is 0 Å². The maximum atomic E-state index is 10.4. The van der Waals surface area contributed by atoms with Crippen LogP contribution in [0, 0.1) is 11.3 Å². The summed E-state index contributed by atoms with van der Waals surface area (Å²) in [6, 6.07) is 0. The van der Waals surface area contributed by atoms with Crippen molar-refractivity contribution < 1.29 is 19.8 Å². The summed E-state index contributed by atoms with van der Waals surface area (Å²) < 4.78 is 0. The van der Waals surface area contributed by atoms with Gasteiger partial charge in [0.15, 0.2) is 0 Å². The van der Waals surface area contributed by atoms with Gasteiger partial charge in [-0.05, 0) is 5.41 Å². The number of carbonyl (C=O) groups excluding carboxylic acids is 2. The van der Waals surface area contributed by atoms with Crippen molar-refractivity contribution >= 4 is 11.9 Å². The fourth-order valence-corrected chi connectivity index (χ4v) is 0.822. The molecule has 0 unspecified atom stereocenters. The van der Waals surface area contributed by atoms with E-state index in [9.17, 15) is 19.8 Å². The standard InChI is InChI=1S/C8H12O4/c1-4-8(2,3)5(6(9)10)7(11)12/h4-5H,1H2,2-3H3,(H,9,10)(H,11,12)/p-2. The molecule has 0 aliphatic carbocycles. The van der Waals surface area contributed by atoms with Gasteiger partial charge in [0.05, 0.1) is 11.9 Å². The van der Waals surface area contributed by atoms with Gasteiger partial charge < -0.3 is 19.8 Å². The molecule has 12 heavy (non-hydrogen) atoms. The SMILES string of the molecule is C=CC(C)(C)C(C(=O)[O-])C(=O)[O-]. The van der Waals surface area contributed by atoms with Crippen LogP contribution in [0.3, 0.4) is 0 Å². The number of aliphatic carboxylic acids is 2. The molecule has 0 spiro atoms. The Labute approximate surface area is 70.5 Å². The summed E-state index contributed by atoms with van der Waals surface area (Å²) in [5, 5.41) is 20.7. The molecule has 68 valence electrons. The zero-order chi connectivity index (χ0) is 9.94. The maximum absolute atomic E-state index is 10.4. The lowest BCUT2D eigenvalue weighted by molar-refractivity contribution is -0.335. The molecule has 0 bridgehead atoms. The van der Waals surface area contributed by atoms with Gasteiger partial charge >= 0.3 is 0 Å². The van der Waals surface area contributed by atoms with Gasteiger partial charge in [0.2, 0.25) is 0 Å². The Morgan fingerprint density at radius 3 is 1.75 bits per heavy atom. The van der Waals surface area contributed by atoms with Gasteiger partial charge in [-0.3, -0.25) is 0 Å². The van der Waals surface area contributed by atoms with E-state index in [0.717, 1.165) is 0 Å². The molecule has 0 aliphatic heterocycles. The molecule has 4 nitrogen and oxygen atoms in total. The lowest BCUT2D eigenvalue weighted by Gasteiger charge is -2.32. The fraction of sp³-hybridized carbons (Fsp3) is 0.500. The number of allylic oxidation sites excluding steroid dienone is 1. The minimum atomic E-state index is -1.66. The summed E-state index contributed by atoms with van der Waals surface area (Å²) in [4.78, 5) is 20.7. The van der Waals surface area contributed by atoms with Gasteiger partial charge in [0.1, 0.15) is 0 Å². The third kappa shape index (κ3) is 2.08. The molecule has 0 heterocycles. The van der Waals surface area contributed by atoms with E-state index in [1.165, 1.54) is 19.9 Å². The minimum absolute atomic E-state index is 1.06. The first-order chi connectivity index (χ1) is 5.33. The van der Waals surface area contributed by atoms with Gasteiger partial charge in [0.25, 0.3) is 0 Å². The average molecular weight is 170 g/mol. The number of carboxylic acids is 2. The van der Waals surface area contributed by atoms with E-state index in [1.807, 2.05) is 0 Å². The van der Waals surface area contributed by atoms with E-state index >= 15 is 0 Å². The molecular formula is C8H10O4-2. The number of carbonyl (C=O) groups is 2. The number of rotatable bonds is 4. The predicted molar refractivity (Wildman–Crippen MR) is 37.5 cm³/mol. The van der Waals surface area contributed by atoms with E-state index in [1.54, 1.807) is 0 Å². The lowest BCUT2D eigenvalue weighted by Crippen LogP contribution is -2.49. The van der Waals surface area contributed by atoms with Gasteiger partial charge in [-0.1, -0.05) is 19.9 Å². The Kier molecular flexibility index (Phi) is 3.01. The molecule has 0 aromatic carbocycles. The maximum Gasteiger partial charge on any atom is 0.0510 e. The molecule has 0 saturated heterocycles. The van der Waals surface area contributed by atoms with Crippen molar-refractivity contribution in [2.75, 3.05) is 0 Å². The molecule has 4 heteroatoms. The zero-order valence-corrected chi connectivity index (χ0v) is 6.99. The first-order valence-electron chi connectivity index (χ1n) is 3.38. The Balaban J connectivity index is 4.86. The van der Waals surface area contributed by atoms with Gasteiger partial charge in [0, 0.05) is 5.92 Å². The molecule has 0 atom stereocenters. The zero-order valence-electron chi connectivity index (χ0n) is 6.99. The normalized spacial score (nSPS) is 11.2. The molecule has 0 fully saturated rings. The van der Waals surface area contributed by atoms with Crippen LogP contribution in [0.2, 0.25) is 0 Å². The summed E-state index contributed by atoms with van der Waals surface area (Å²) in [5.74, 6) is -4.96. The second-order valence-corrected chi connectivity index (χ2v) is 3.10. The van der Waals surface area contributed by atoms with Crippen LogP contribution >= 0.6 is 0 Å². The number of hydrogen-bond acceptors (Lipinski definition) is 4. The molecule has 0 radical (unpaired) electrons. The van der Waals surface area contributed by atoms with Crippen LogP contribution in [-0.4, -0.2) is 11.9 Å². The molecule has 0 aromatic rings. The monoisotopic (exact) mass is 170 g/mol. The first-order valence-corrected chi connectivity index (χ1v) is 3.38. The molecule has 0 amide bonds. The van der Waals surface area contributed by atoms with E-state index in [2.05, 4.69) is 6.58 Å². The Morgan fingerprint density at radius 1 is 1.33 bits per heavy atom. The van der Waals surface area contributed by atoms with Crippen LogP contribution in [0.1, 0.15) is 13.8 Å². The van der Waals surface area contributed by atoms with Crippen molar-refractivity contribution in [3.8, 4) is 0 Å². The second-order valence-electron chi connectivity index (χ2n) is 3.10. The molecule has 0 saturated carbocycles. The minimum Gasteiger partial charge on any atom is -0.549 e. The predicted octanol–water partition coefficient (Wildman–Crippen LogP) is -1.69. The third-order valence-electron chi connectivity index (χ3n) is 1.74. The summed E-state index contributed by atoms with van der Waals surface area (Å²) in [5.41, 5.74) is -1.06. The van der Waals surface area contributed by atoms with Gasteiger partial charge in [-0.25, -0.2) is 0 Å². The summed E-state index contributed by atoms with van der Waals surface area (Å²) in [6.45, 7) is 6.22. The third-order valence-corrected chi connectivity index (χ3v) is 1.74. The highest BCUT2D eigenvalue weighted by atomic mass is 16.4. The van der Waals surface area contributed by atoms with Crippen molar-refractivity contribution in [1.82, 2.24) is 0 Å². The summed E-state index contributed by atoms with van der Waals surface area (Å²) in [6.07, 6.45) is 1.25. The molecule has 0 aliphatic rings. The molecule has 0 N–H and O–H groups in total. The van der Waals surface area contributed by atoms with Crippen molar-refractivity contribution in [3.05, 3.63) is 12.7 Å². The van der Waals surface area contributed by atoms with Crippen LogP contribution in [-0.2, 0) is 9.59 Å². The largest absolute Gasteiger partial charge is 0.549 e. The van der Waals surface area contributed by atoms with E-state index in [0.29, 0.717) is 0 Å². The topological polar surface area (TPSA) is 80.3 Å². The highest BCUT2D eigenvalue weighted by Gasteiger charge is 2.28. The molecule has 0 aromatic heterocycles. The van der Waals surface area contributed by atoms with Crippen molar-refractivity contribution in [2.45, 2.75) is 13.8 Å². The van der Waals surface area contributed by atoms with Crippen LogP contribution in [0.5, 0.6) is 0 Å². The van der Waals surface area contributed by atoms with E-state index in [-0.39, 0.29) is 0 Å². The summed E-state index contributed by atoms with van der Waals surface area (Å²) >= 11 is 0. The van der Waals surface area contributed by atoms with Crippen molar-refractivity contribution in [1.29, 1.82) is 0 Å². The average Bonchev–Trinajstić information content (AvgIpc) is 1.84. The van der Waals surface area contributed by atoms with E-state index < -0.39 is 23.3 Å². The smallest absolute Gasteiger partial charge is 0.0510 e. The Morgan fingerprint density at radius 2 is 1.67 bits per heavy atom. The number of hydrogen-bond donors (Lipinski definition) is 0. The number of carboxylic acid groups (broad SMARTS) is 2. The molecular weight excluding hydrogens is 160 g/mol. The second kappa shape index (κ2) is 3.38. The van der Waals surface area contributed by atoms with E-state index in [4.69, 9.17) is 0 Å². The Bertz CT molecular complexity index is 203. The fourth-order valence-electron chi connectivity index (χ4n) is 0.822. The highest BCUT2D eigenvalue weighted by molar-refractivity contribution is 5.92. The quantitative estimate of drug-likeness (QED) is 0.372.